The highest BCUT2D eigenvalue weighted by atomic mass is 127. The summed E-state index contributed by atoms with van der Waals surface area (Å²) in [6, 6.07) is 18.1. The van der Waals surface area contributed by atoms with Crippen LogP contribution in [0.1, 0.15) is 27.9 Å². The van der Waals surface area contributed by atoms with Gasteiger partial charge in [-0.25, -0.2) is 0 Å². The number of aryl methyl sites for hydroxylation is 1. The number of rotatable bonds is 10. The fourth-order valence-electron chi connectivity index (χ4n) is 2.87. The molecule has 0 aliphatic rings. The number of likely N-dealkylation sites (N-methyl/N-ethyl adjacent to an activating group) is 1. The standard InChI is InChI=1S/C23H33N5O.HI/c1-24-23(26-14-8-12-19-9-5-4-6-10-19)27-18-20-11-7-13-21(17-20)22(29)25-15-16-28(2)3;/h4-7,9-11,13,17H,8,12,14-16,18H2,1-3H3,(H,25,29)(H2,24,26,27);1H. The summed E-state index contributed by atoms with van der Waals surface area (Å²) in [6.45, 7) is 2.91. The van der Waals surface area contributed by atoms with Crippen molar-refractivity contribution in [3.05, 3.63) is 71.3 Å². The zero-order valence-corrected chi connectivity index (χ0v) is 20.5. The topological polar surface area (TPSA) is 68.8 Å². The zero-order valence-electron chi connectivity index (χ0n) is 18.1. The number of benzene rings is 2. The van der Waals surface area contributed by atoms with Crippen molar-refractivity contribution in [3.63, 3.8) is 0 Å². The molecule has 0 fully saturated rings. The van der Waals surface area contributed by atoms with Gasteiger partial charge in [0.25, 0.3) is 5.91 Å². The van der Waals surface area contributed by atoms with Gasteiger partial charge in [0.1, 0.15) is 0 Å². The number of hydrogen-bond donors (Lipinski definition) is 3. The van der Waals surface area contributed by atoms with Crippen molar-refractivity contribution in [2.75, 3.05) is 40.8 Å². The Morgan fingerprint density at radius 1 is 0.933 bits per heavy atom. The molecule has 0 unspecified atom stereocenters. The monoisotopic (exact) mass is 523 g/mol. The van der Waals surface area contributed by atoms with Crippen LogP contribution in [0.5, 0.6) is 0 Å². The van der Waals surface area contributed by atoms with Gasteiger partial charge >= 0.3 is 0 Å². The van der Waals surface area contributed by atoms with E-state index in [-0.39, 0.29) is 29.9 Å². The quantitative estimate of drug-likeness (QED) is 0.194. The fourth-order valence-corrected chi connectivity index (χ4v) is 2.87. The van der Waals surface area contributed by atoms with Crippen LogP contribution in [0.25, 0.3) is 0 Å². The van der Waals surface area contributed by atoms with Gasteiger partial charge in [0.05, 0.1) is 0 Å². The van der Waals surface area contributed by atoms with Gasteiger partial charge in [-0.2, -0.15) is 0 Å². The first-order valence-electron chi connectivity index (χ1n) is 10.1. The molecule has 0 atom stereocenters. The van der Waals surface area contributed by atoms with Crippen LogP contribution in [-0.2, 0) is 13.0 Å². The number of hydrogen-bond acceptors (Lipinski definition) is 3. The van der Waals surface area contributed by atoms with E-state index in [2.05, 4.69) is 45.2 Å². The first-order valence-corrected chi connectivity index (χ1v) is 10.1. The molecule has 0 spiro atoms. The van der Waals surface area contributed by atoms with Crippen LogP contribution in [0.15, 0.2) is 59.6 Å². The molecule has 2 aromatic carbocycles. The summed E-state index contributed by atoms with van der Waals surface area (Å²) in [7, 11) is 5.74. The number of nitrogens with one attached hydrogen (secondary N) is 3. The lowest BCUT2D eigenvalue weighted by Crippen LogP contribution is -2.37. The third-order valence-corrected chi connectivity index (χ3v) is 4.49. The van der Waals surface area contributed by atoms with E-state index in [9.17, 15) is 4.79 Å². The summed E-state index contributed by atoms with van der Waals surface area (Å²) in [5.41, 5.74) is 3.06. The molecular weight excluding hydrogens is 489 g/mol. The van der Waals surface area contributed by atoms with Gasteiger partial charge in [0.15, 0.2) is 5.96 Å². The second kappa shape index (κ2) is 14.8. The van der Waals surface area contributed by atoms with E-state index >= 15 is 0 Å². The van der Waals surface area contributed by atoms with Gasteiger partial charge in [-0.1, -0.05) is 42.5 Å². The Balaban J connectivity index is 0.00000450. The van der Waals surface area contributed by atoms with Crippen molar-refractivity contribution in [2.24, 2.45) is 4.99 Å². The maximum Gasteiger partial charge on any atom is 0.251 e. The number of guanidine groups is 1. The highest BCUT2D eigenvalue weighted by Gasteiger charge is 2.06. The van der Waals surface area contributed by atoms with Gasteiger partial charge in [0, 0.05) is 38.8 Å². The average molecular weight is 523 g/mol. The lowest BCUT2D eigenvalue weighted by molar-refractivity contribution is 0.0951. The fraction of sp³-hybridized carbons (Fsp3) is 0.391. The Hall–Kier alpha value is -2.13. The third kappa shape index (κ3) is 10.1. The number of carbonyl (C=O) groups excluding carboxylic acids is 1. The number of amides is 1. The molecule has 6 nitrogen and oxygen atoms in total. The van der Waals surface area contributed by atoms with Crippen LogP contribution in [0, 0.1) is 0 Å². The molecule has 2 aromatic rings. The molecule has 3 N–H and O–H groups in total. The van der Waals surface area contributed by atoms with Gasteiger partial charge in [0.2, 0.25) is 0 Å². The van der Waals surface area contributed by atoms with E-state index in [1.807, 2.05) is 49.3 Å². The van der Waals surface area contributed by atoms with Crippen molar-refractivity contribution in [2.45, 2.75) is 19.4 Å². The first kappa shape index (κ1) is 25.9. The predicted molar refractivity (Wildman–Crippen MR) is 136 cm³/mol. The molecule has 2 rings (SSSR count). The third-order valence-electron chi connectivity index (χ3n) is 4.49. The summed E-state index contributed by atoms with van der Waals surface area (Å²) in [5, 5.41) is 9.59. The second-order valence-corrected chi connectivity index (χ2v) is 7.20. The van der Waals surface area contributed by atoms with E-state index < -0.39 is 0 Å². The lowest BCUT2D eigenvalue weighted by Gasteiger charge is -2.13. The predicted octanol–water partition coefficient (Wildman–Crippen LogP) is 2.89. The normalized spacial score (nSPS) is 11.0. The number of aliphatic imine (C=N–C) groups is 1. The van der Waals surface area contributed by atoms with Crippen LogP contribution >= 0.6 is 24.0 Å². The molecule has 0 heterocycles. The van der Waals surface area contributed by atoms with Crippen LogP contribution in [0.2, 0.25) is 0 Å². The maximum absolute atomic E-state index is 12.3. The number of halogens is 1. The summed E-state index contributed by atoms with van der Waals surface area (Å²) in [4.78, 5) is 18.6. The zero-order chi connectivity index (χ0) is 20.9. The minimum atomic E-state index is -0.0443. The summed E-state index contributed by atoms with van der Waals surface area (Å²) in [6.07, 6.45) is 2.07. The Kier molecular flexibility index (Phi) is 12.8. The van der Waals surface area contributed by atoms with Crippen LogP contribution in [-0.4, -0.2) is 57.5 Å². The Bertz CT molecular complexity index is 780. The molecule has 0 aromatic heterocycles. The molecule has 0 bridgehead atoms. The minimum Gasteiger partial charge on any atom is -0.356 e. The Morgan fingerprint density at radius 2 is 1.67 bits per heavy atom. The van der Waals surface area contributed by atoms with Gasteiger partial charge in [-0.3, -0.25) is 9.79 Å². The largest absolute Gasteiger partial charge is 0.356 e. The smallest absolute Gasteiger partial charge is 0.251 e. The highest BCUT2D eigenvalue weighted by Crippen LogP contribution is 2.05. The van der Waals surface area contributed by atoms with Crippen molar-refractivity contribution in [1.82, 2.24) is 20.9 Å². The average Bonchev–Trinajstić information content (AvgIpc) is 2.74. The minimum absolute atomic E-state index is 0. The lowest BCUT2D eigenvalue weighted by atomic mass is 10.1. The first-order chi connectivity index (χ1) is 14.1. The second-order valence-electron chi connectivity index (χ2n) is 7.20. The molecule has 164 valence electrons. The number of nitrogens with zero attached hydrogens (tertiary/aromatic N) is 2. The molecule has 30 heavy (non-hydrogen) atoms. The van der Waals surface area contributed by atoms with E-state index in [4.69, 9.17) is 0 Å². The van der Waals surface area contributed by atoms with Crippen molar-refractivity contribution in [1.29, 1.82) is 0 Å². The Labute approximate surface area is 197 Å². The SMILES string of the molecule is CN=C(NCCCc1ccccc1)NCc1cccc(C(=O)NCCN(C)C)c1.I. The van der Waals surface area contributed by atoms with Gasteiger partial charge < -0.3 is 20.9 Å². The van der Waals surface area contributed by atoms with Crippen molar-refractivity contribution < 1.29 is 4.79 Å². The van der Waals surface area contributed by atoms with Crippen LogP contribution < -0.4 is 16.0 Å². The molecule has 0 aliphatic heterocycles. The van der Waals surface area contributed by atoms with Gasteiger partial charge in [-0.05, 0) is 50.2 Å². The van der Waals surface area contributed by atoms with Crippen molar-refractivity contribution in [3.8, 4) is 0 Å². The van der Waals surface area contributed by atoms with E-state index in [0.717, 1.165) is 37.5 Å². The summed E-state index contributed by atoms with van der Waals surface area (Å²) in [5.74, 6) is 0.719. The van der Waals surface area contributed by atoms with E-state index in [1.165, 1.54) is 5.56 Å². The van der Waals surface area contributed by atoms with E-state index in [0.29, 0.717) is 18.7 Å². The highest BCUT2D eigenvalue weighted by molar-refractivity contribution is 14.0. The summed E-state index contributed by atoms with van der Waals surface area (Å²) < 4.78 is 0. The number of carbonyl (C=O) groups is 1. The molecule has 1 amide bonds. The van der Waals surface area contributed by atoms with Crippen LogP contribution in [0.3, 0.4) is 0 Å². The molecule has 0 saturated carbocycles. The Morgan fingerprint density at radius 3 is 2.37 bits per heavy atom. The summed E-state index contributed by atoms with van der Waals surface area (Å²) >= 11 is 0. The molecule has 0 aliphatic carbocycles. The molecule has 0 radical (unpaired) electrons. The maximum atomic E-state index is 12.3. The molecule has 7 heteroatoms. The van der Waals surface area contributed by atoms with E-state index in [1.54, 1.807) is 7.05 Å². The molecular formula is C23H34IN5O. The van der Waals surface area contributed by atoms with Gasteiger partial charge in [-0.15, -0.1) is 24.0 Å². The molecule has 0 saturated heterocycles. The van der Waals surface area contributed by atoms with Crippen molar-refractivity contribution >= 4 is 35.8 Å². The van der Waals surface area contributed by atoms with Crippen LogP contribution in [0.4, 0.5) is 0 Å².